The molecule has 1 saturated heterocycles. The molecule has 0 N–H and O–H groups in total. The van der Waals surface area contributed by atoms with E-state index in [1.165, 1.54) is 0 Å². The zero-order chi connectivity index (χ0) is 19.0. The van der Waals surface area contributed by atoms with Gasteiger partial charge in [0.1, 0.15) is 23.6 Å². The topological polar surface area (TPSA) is 66.6 Å². The van der Waals surface area contributed by atoms with E-state index in [4.69, 9.17) is 0 Å². The Morgan fingerprint density at radius 2 is 1.63 bits per heavy atom. The molecule has 4 rings (SSSR count). The Balaban J connectivity index is 1.52. The third-order valence-corrected chi connectivity index (χ3v) is 4.91. The van der Waals surface area contributed by atoms with Gasteiger partial charge in [0.25, 0.3) is 5.56 Å². The lowest BCUT2D eigenvalue weighted by molar-refractivity contribution is 0.564. The third kappa shape index (κ3) is 3.49. The fraction of sp³-hybridized carbons (Fsp3) is 0.400. The molecule has 0 aliphatic carbocycles. The first-order valence-corrected chi connectivity index (χ1v) is 9.23. The van der Waals surface area contributed by atoms with Crippen LogP contribution in [0.1, 0.15) is 26.5 Å². The lowest BCUT2D eigenvalue weighted by atomic mass is 9.92. The van der Waals surface area contributed by atoms with Crippen LogP contribution in [0.25, 0.3) is 5.65 Å². The number of fused-ring (bicyclic) bond motifs is 1. The van der Waals surface area contributed by atoms with Crippen LogP contribution in [0, 0.1) is 0 Å². The largest absolute Gasteiger partial charge is 0.353 e. The number of anilines is 2. The second kappa shape index (κ2) is 6.64. The van der Waals surface area contributed by atoms with Gasteiger partial charge in [0, 0.05) is 49.9 Å². The molecule has 27 heavy (non-hydrogen) atoms. The number of hydrogen-bond donors (Lipinski definition) is 0. The van der Waals surface area contributed by atoms with Crippen molar-refractivity contribution < 1.29 is 0 Å². The summed E-state index contributed by atoms with van der Waals surface area (Å²) >= 11 is 0. The van der Waals surface area contributed by atoms with E-state index in [1.807, 2.05) is 18.2 Å². The highest BCUT2D eigenvalue weighted by Gasteiger charge is 2.22. The Morgan fingerprint density at radius 1 is 0.926 bits per heavy atom. The molecule has 1 aliphatic heterocycles. The molecular weight excluding hydrogens is 340 g/mol. The van der Waals surface area contributed by atoms with Crippen LogP contribution in [0.15, 0.2) is 47.7 Å². The Labute approximate surface area is 158 Å². The van der Waals surface area contributed by atoms with Crippen LogP contribution in [-0.4, -0.2) is 45.5 Å². The van der Waals surface area contributed by atoms with Crippen molar-refractivity contribution in [2.45, 2.75) is 26.2 Å². The van der Waals surface area contributed by atoms with Gasteiger partial charge < -0.3 is 9.80 Å². The van der Waals surface area contributed by atoms with Gasteiger partial charge in [0.05, 0.1) is 5.69 Å². The van der Waals surface area contributed by atoms with Gasteiger partial charge in [-0.1, -0.05) is 26.8 Å². The van der Waals surface area contributed by atoms with Crippen LogP contribution in [0.2, 0.25) is 0 Å². The Bertz CT molecular complexity index is 1010. The minimum atomic E-state index is -0.0522. The van der Waals surface area contributed by atoms with E-state index in [9.17, 15) is 4.79 Å². The SMILES string of the molecule is CC(C)(C)c1cc(N2CCN(c3cc(=O)n4ccccc4n3)CC2)ncn1. The van der Waals surface area contributed by atoms with Crippen LogP contribution in [0.3, 0.4) is 0 Å². The zero-order valence-corrected chi connectivity index (χ0v) is 16.0. The molecule has 0 spiro atoms. The van der Waals surface area contributed by atoms with Gasteiger partial charge >= 0.3 is 0 Å². The molecule has 1 aliphatic rings. The van der Waals surface area contributed by atoms with Gasteiger partial charge in [-0.05, 0) is 12.1 Å². The summed E-state index contributed by atoms with van der Waals surface area (Å²) in [7, 11) is 0. The first-order chi connectivity index (χ1) is 12.9. The summed E-state index contributed by atoms with van der Waals surface area (Å²) in [6.45, 7) is 9.71. The smallest absolute Gasteiger partial charge is 0.259 e. The average Bonchev–Trinajstić information content (AvgIpc) is 2.67. The summed E-state index contributed by atoms with van der Waals surface area (Å²) in [5.41, 5.74) is 1.66. The minimum Gasteiger partial charge on any atom is -0.353 e. The number of hydrogen-bond acceptors (Lipinski definition) is 6. The molecule has 1 fully saturated rings. The molecule has 0 unspecified atom stereocenters. The summed E-state index contributed by atoms with van der Waals surface area (Å²) in [5, 5.41) is 0. The molecule has 140 valence electrons. The van der Waals surface area contributed by atoms with Gasteiger partial charge in [-0.2, -0.15) is 0 Å². The second-order valence-corrected chi connectivity index (χ2v) is 7.87. The van der Waals surface area contributed by atoms with Crippen molar-refractivity contribution >= 4 is 17.3 Å². The first kappa shape index (κ1) is 17.5. The lowest BCUT2D eigenvalue weighted by Crippen LogP contribution is -2.47. The maximum atomic E-state index is 12.3. The van der Waals surface area contributed by atoms with Crippen LogP contribution in [0.4, 0.5) is 11.6 Å². The fourth-order valence-electron chi connectivity index (χ4n) is 3.30. The highest BCUT2D eigenvalue weighted by Crippen LogP contribution is 2.24. The summed E-state index contributed by atoms with van der Waals surface area (Å²) in [5.74, 6) is 1.70. The fourth-order valence-corrected chi connectivity index (χ4v) is 3.30. The third-order valence-electron chi connectivity index (χ3n) is 4.91. The average molecular weight is 364 g/mol. The predicted molar refractivity (Wildman–Crippen MR) is 107 cm³/mol. The number of piperazine rings is 1. The van der Waals surface area contributed by atoms with Gasteiger partial charge in [-0.3, -0.25) is 9.20 Å². The Hall–Kier alpha value is -2.96. The van der Waals surface area contributed by atoms with Gasteiger partial charge in [-0.25, -0.2) is 15.0 Å². The zero-order valence-electron chi connectivity index (χ0n) is 16.0. The number of rotatable bonds is 2. The quantitative estimate of drug-likeness (QED) is 0.694. The van der Waals surface area contributed by atoms with Crippen LogP contribution in [-0.2, 0) is 5.41 Å². The van der Waals surface area contributed by atoms with Crippen molar-refractivity contribution in [1.29, 1.82) is 0 Å². The number of nitrogens with zero attached hydrogens (tertiary/aromatic N) is 6. The van der Waals surface area contributed by atoms with Gasteiger partial charge in [0.15, 0.2) is 0 Å². The minimum absolute atomic E-state index is 0.00325. The molecule has 7 nitrogen and oxygen atoms in total. The van der Waals surface area contributed by atoms with E-state index >= 15 is 0 Å². The molecule has 0 radical (unpaired) electrons. The maximum Gasteiger partial charge on any atom is 0.259 e. The highest BCUT2D eigenvalue weighted by molar-refractivity contribution is 5.50. The predicted octanol–water partition coefficient (Wildman–Crippen LogP) is 2.11. The van der Waals surface area contributed by atoms with E-state index < -0.39 is 0 Å². The van der Waals surface area contributed by atoms with Crippen LogP contribution in [0.5, 0.6) is 0 Å². The molecule has 0 saturated carbocycles. The van der Waals surface area contributed by atoms with Crippen molar-refractivity contribution in [1.82, 2.24) is 19.4 Å². The van der Waals surface area contributed by atoms with Crippen molar-refractivity contribution in [2.24, 2.45) is 0 Å². The maximum absolute atomic E-state index is 12.3. The van der Waals surface area contributed by atoms with Crippen molar-refractivity contribution in [3.05, 3.63) is 58.9 Å². The van der Waals surface area contributed by atoms with E-state index in [-0.39, 0.29) is 11.0 Å². The van der Waals surface area contributed by atoms with E-state index in [2.05, 4.69) is 51.6 Å². The monoisotopic (exact) mass is 364 g/mol. The van der Waals surface area contributed by atoms with Crippen molar-refractivity contribution in [3.8, 4) is 0 Å². The highest BCUT2D eigenvalue weighted by atomic mass is 16.1. The summed E-state index contributed by atoms with van der Waals surface area (Å²) in [6, 6.07) is 9.28. The Kier molecular flexibility index (Phi) is 4.30. The molecule has 0 bridgehead atoms. The van der Waals surface area contributed by atoms with Crippen molar-refractivity contribution in [3.63, 3.8) is 0 Å². The molecule has 0 amide bonds. The Morgan fingerprint density at radius 3 is 2.33 bits per heavy atom. The second-order valence-electron chi connectivity index (χ2n) is 7.87. The molecule has 0 aromatic carbocycles. The van der Waals surface area contributed by atoms with E-state index in [0.29, 0.717) is 5.65 Å². The van der Waals surface area contributed by atoms with Gasteiger partial charge in [0.2, 0.25) is 0 Å². The standard InChI is InChI=1S/C20H24N6O/c1-20(2,3)15-12-17(22-14-21-15)24-8-10-25(11-9-24)18-13-19(27)26-7-5-4-6-16(26)23-18/h4-7,12-14H,8-11H2,1-3H3. The van der Waals surface area contributed by atoms with Crippen molar-refractivity contribution in [2.75, 3.05) is 36.0 Å². The normalized spacial score (nSPS) is 15.4. The summed E-state index contributed by atoms with van der Waals surface area (Å²) in [4.78, 5) is 30.3. The molecule has 0 atom stereocenters. The summed E-state index contributed by atoms with van der Waals surface area (Å²) < 4.78 is 1.56. The molecular formula is C20H24N6O. The van der Waals surface area contributed by atoms with Crippen LogP contribution < -0.4 is 15.4 Å². The lowest BCUT2D eigenvalue weighted by Gasteiger charge is -2.36. The molecule has 7 heteroatoms. The number of aromatic nitrogens is 4. The molecule has 4 heterocycles. The number of pyridine rings is 1. The summed E-state index contributed by atoms with van der Waals surface area (Å²) in [6.07, 6.45) is 3.39. The first-order valence-electron chi connectivity index (χ1n) is 9.23. The van der Waals surface area contributed by atoms with E-state index in [1.54, 1.807) is 23.0 Å². The molecule has 3 aromatic heterocycles. The van der Waals surface area contributed by atoms with Crippen LogP contribution >= 0.6 is 0 Å². The van der Waals surface area contributed by atoms with Gasteiger partial charge in [-0.15, -0.1) is 0 Å². The molecule has 3 aromatic rings. The van der Waals surface area contributed by atoms with E-state index in [0.717, 1.165) is 43.5 Å².